The van der Waals surface area contributed by atoms with E-state index in [0.29, 0.717) is 13.0 Å². The third-order valence-electron chi connectivity index (χ3n) is 2.15. The van der Waals surface area contributed by atoms with Gasteiger partial charge < -0.3 is 15.2 Å². The summed E-state index contributed by atoms with van der Waals surface area (Å²) in [6, 6.07) is -0.272. The Balaban J connectivity index is 4.02. The molecule has 0 spiro atoms. The van der Waals surface area contributed by atoms with Gasteiger partial charge in [-0.25, -0.2) is 0 Å². The second-order valence-corrected chi connectivity index (χ2v) is 4.19. The van der Waals surface area contributed by atoms with E-state index in [0.717, 1.165) is 0 Å². The maximum Gasteiger partial charge on any atom is 0.322 e. The van der Waals surface area contributed by atoms with E-state index in [9.17, 15) is 4.79 Å². The van der Waals surface area contributed by atoms with Crippen molar-refractivity contribution in [2.45, 2.75) is 33.2 Å². The molecule has 1 atom stereocenters. The monoisotopic (exact) mass is 203 g/mol. The maximum absolute atomic E-state index is 11.2. The number of methoxy groups -OCH3 is 1. The SMILES string of the molecule is CCC(NCC(C)(C)CO)C(=O)OC. The lowest BCUT2D eigenvalue weighted by atomic mass is 9.94. The van der Waals surface area contributed by atoms with E-state index in [2.05, 4.69) is 10.1 Å². The minimum Gasteiger partial charge on any atom is -0.468 e. The fourth-order valence-electron chi connectivity index (χ4n) is 0.992. The molecule has 0 saturated heterocycles. The van der Waals surface area contributed by atoms with Gasteiger partial charge in [0, 0.05) is 18.6 Å². The summed E-state index contributed by atoms with van der Waals surface area (Å²) in [5, 5.41) is 12.1. The van der Waals surface area contributed by atoms with Gasteiger partial charge in [-0.2, -0.15) is 0 Å². The van der Waals surface area contributed by atoms with Crippen molar-refractivity contribution in [2.24, 2.45) is 5.41 Å². The largest absolute Gasteiger partial charge is 0.468 e. The molecule has 0 saturated carbocycles. The van der Waals surface area contributed by atoms with E-state index in [1.807, 2.05) is 20.8 Å². The van der Waals surface area contributed by atoms with Crippen LogP contribution in [0.25, 0.3) is 0 Å². The molecule has 4 heteroatoms. The Morgan fingerprint density at radius 1 is 1.57 bits per heavy atom. The average Bonchev–Trinajstić information content (AvgIpc) is 2.18. The number of carbonyl (C=O) groups excluding carboxylic acids is 1. The smallest absolute Gasteiger partial charge is 0.322 e. The van der Waals surface area contributed by atoms with Crippen LogP contribution in [0.3, 0.4) is 0 Å². The molecular weight excluding hydrogens is 182 g/mol. The van der Waals surface area contributed by atoms with E-state index in [1.165, 1.54) is 7.11 Å². The predicted octanol–water partition coefficient (Wildman–Crippen LogP) is 0.546. The molecule has 1 unspecified atom stereocenters. The first-order valence-electron chi connectivity index (χ1n) is 4.89. The molecule has 0 aromatic carbocycles. The number of carbonyl (C=O) groups is 1. The van der Waals surface area contributed by atoms with Crippen LogP contribution in [0.4, 0.5) is 0 Å². The third-order valence-corrected chi connectivity index (χ3v) is 2.15. The van der Waals surface area contributed by atoms with Gasteiger partial charge in [-0.05, 0) is 6.42 Å². The van der Waals surface area contributed by atoms with Crippen molar-refractivity contribution in [3.63, 3.8) is 0 Å². The number of nitrogens with one attached hydrogen (secondary N) is 1. The zero-order valence-corrected chi connectivity index (χ0v) is 9.46. The maximum atomic E-state index is 11.2. The van der Waals surface area contributed by atoms with Crippen LogP contribution in [-0.2, 0) is 9.53 Å². The van der Waals surface area contributed by atoms with Crippen molar-refractivity contribution < 1.29 is 14.6 Å². The summed E-state index contributed by atoms with van der Waals surface area (Å²) in [4.78, 5) is 11.2. The molecule has 0 aliphatic rings. The molecule has 0 bridgehead atoms. The van der Waals surface area contributed by atoms with E-state index >= 15 is 0 Å². The van der Waals surface area contributed by atoms with E-state index < -0.39 is 0 Å². The van der Waals surface area contributed by atoms with Crippen LogP contribution < -0.4 is 5.32 Å². The summed E-state index contributed by atoms with van der Waals surface area (Å²) in [6.45, 7) is 6.48. The minimum absolute atomic E-state index is 0.0948. The molecule has 0 aromatic rings. The molecule has 84 valence electrons. The predicted molar refractivity (Wildman–Crippen MR) is 55.0 cm³/mol. The van der Waals surface area contributed by atoms with E-state index in [-0.39, 0.29) is 24.0 Å². The normalized spacial score (nSPS) is 13.8. The number of hydrogen-bond acceptors (Lipinski definition) is 4. The van der Waals surface area contributed by atoms with Crippen LogP contribution in [-0.4, -0.2) is 37.4 Å². The van der Waals surface area contributed by atoms with Crippen molar-refractivity contribution >= 4 is 5.97 Å². The number of rotatable bonds is 6. The van der Waals surface area contributed by atoms with Gasteiger partial charge >= 0.3 is 5.97 Å². The standard InChI is InChI=1S/C10H21NO3/c1-5-8(9(13)14-4)11-6-10(2,3)7-12/h8,11-12H,5-7H2,1-4H3. The molecule has 0 heterocycles. The van der Waals surface area contributed by atoms with Gasteiger partial charge in [0.15, 0.2) is 0 Å². The van der Waals surface area contributed by atoms with E-state index in [1.54, 1.807) is 0 Å². The lowest BCUT2D eigenvalue weighted by molar-refractivity contribution is -0.143. The average molecular weight is 203 g/mol. The van der Waals surface area contributed by atoms with Crippen LogP contribution in [0, 0.1) is 5.41 Å². The molecule has 0 fully saturated rings. The van der Waals surface area contributed by atoms with Gasteiger partial charge in [-0.3, -0.25) is 4.79 Å². The zero-order valence-electron chi connectivity index (χ0n) is 9.46. The highest BCUT2D eigenvalue weighted by molar-refractivity contribution is 5.75. The third kappa shape index (κ3) is 4.58. The quantitative estimate of drug-likeness (QED) is 0.619. The fraction of sp³-hybridized carbons (Fsp3) is 0.900. The molecule has 0 radical (unpaired) electrons. The Kier molecular flexibility index (Phi) is 5.72. The summed E-state index contributed by atoms with van der Waals surface area (Å²) in [7, 11) is 1.38. The van der Waals surface area contributed by atoms with E-state index in [4.69, 9.17) is 5.11 Å². The summed E-state index contributed by atoms with van der Waals surface area (Å²) >= 11 is 0. The summed E-state index contributed by atoms with van der Waals surface area (Å²) in [5.74, 6) is -0.249. The molecule has 0 aliphatic carbocycles. The van der Waals surface area contributed by atoms with Gasteiger partial charge in [-0.15, -0.1) is 0 Å². The topological polar surface area (TPSA) is 58.6 Å². The number of esters is 1. The molecule has 0 amide bonds. The molecule has 14 heavy (non-hydrogen) atoms. The van der Waals surface area contributed by atoms with Crippen molar-refractivity contribution in [2.75, 3.05) is 20.3 Å². The molecule has 0 aliphatic heterocycles. The highest BCUT2D eigenvalue weighted by Gasteiger charge is 2.21. The van der Waals surface area contributed by atoms with Crippen LogP contribution >= 0.6 is 0 Å². The first-order valence-corrected chi connectivity index (χ1v) is 4.89. The summed E-state index contributed by atoms with van der Waals surface area (Å²) < 4.78 is 4.64. The van der Waals surface area contributed by atoms with Crippen LogP contribution in [0.15, 0.2) is 0 Å². The van der Waals surface area contributed by atoms with Gasteiger partial charge in [0.05, 0.1) is 7.11 Å². The first-order chi connectivity index (χ1) is 6.46. The minimum atomic E-state index is -0.272. The van der Waals surface area contributed by atoms with Crippen molar-refractivity contribution in [3.05, 3.63) is 0 Å². The summed E-state index contributed by atoms with van der Waals surface area (Å²) in [5.41, 5.74) is -0.207. The highest BCUT2D eigenvalue weighted by Crippen LogP contribution is 2.12. The second kappa shape index (κ2) is 5.98. The number of ether oxygens (including phenoxy) is 1. The van der Waals surface area contributed by atoms with Crippen molar-refractivity contribution in [3.8, 4) is 0 Å². The van der Waals surface area contributed by atoms with Crippen LogP contribution in [0.5, 0.6) is 0 Å². The second-order valence-electron chi connectivity index (χ2n) is 4.19. The first kappa shape index (κ1) is 13.4. The van der Waals surface area contributed by atoms with Gasteiger partial charge in [0.25, 0.3) is 0 Å². The number of aliphatic hydroxyl groups excluding tert-OH is 1. The van der Waals surface area contributed by atoms with Crippen LogP contribution in [0.2, 0.25) is 0 Å². The van der Waals surface area contributed by atoms with Gasteiger partial charge in [0.2, 0.25) is 0 Å². The molecule has 0 aromatic heterocycles. The Morgan fingerprint density at radius 3 is 2.50 bits per heavy atom. The van der Waals surface area contributed by atoms with Crippen molar-refractivity contribution in [1.29, 1.82) is 0 Å². The fourth-order valence-corrected chi connectivity index (χ4v) is 0.992. The lowest BCUT2D eigenvalue weighted by Crippen LogP contribution is -2.43. The Hall–Kier alpha value is -0.610. The Bertz CT molecular complexity index is 180. The molecule has 0 rings (SSSR count). The Labute approximate surface area is 85.6 Å². The molecule has 4 nitrogen and oxygen atoms in total. The number of hydrogen-bond donors (Lipinski definition) is 2. The van der Waals surface area contributed by atoms with Crippen molar-refractivity contribution in [1.82, 2.24) is 5.32 Å². The highest BCUT2D eigenvalue weighted by atomic mass is 16.5. The molecular formula is C10H21NO3. The number of aliphatic hydroxyl groups is 1. The van der Waals surface area contributed by atoms with Gasteiger partial charge in [-0.1, -0.05) is 20.8 Å². The van der Waals surface area contributed by atoms with Crippen LogP contribution in [0.1, 0.15) is 27.2 Å². The zero-order chi connectivity index (χ0) is 11.2. The Morgan fingerprint density at radius 2 is 2.14 bits per heavy atom. The summed E-state index contributed by atoms with van der Waals surface area (Å²) in [6.07, 6.45) is 0.689. The van der Waals surface area contributed by atoms with Gasteiger partial charge in [0.1, 0.15) is 6.04 Å². The lowest BCUT2D eigenvalue weighted by Gasteiger charge is -2.24. The molecule has 2 N–H and O–H groups in total.